The van der Waals surface area contributed by atoms with Gasteiger partial charge in [0.25, 0.3) is 11.1 Å². The molecule has 0 aliphatic heterocycles. The molecule has 3 rings (SSSR count). The van der Waals surface area contributed by atoms with Crippen LogP contribution in [0, 0.1) is 0 Å². The number of pyridine rings is 1. The monoisotopic (exact) mass is 219 g/mol. The molecule has 3 aromatic rings. The summed E-state index contributed by atoms with van der Waals surface area (Å²) in [6.07, 6.45) is 1.30. The number of hydrogen-bond donors (Lipinski definition) is 4. The normalized spacial score (nSPS) is 11.2. The largest absolute Gasteiger partial charge is 0.335 e. The minimum atomic E-state index is -0.640. The summed E-state index contributed by atoms with van der Waals surface area (Å²) in [5.74, 6) is 0. The minimum absolute atomic E-state index is 0.0644. The van der Waals surface area contributed by atoms with Gasteiger partial charge in [-0.25, -0.2) is 0 Å². The van der Waals surface area contributed by atoms with Crippen LogP contribution in [0.3, 0.4) is 0 Å². The summed E-state index contributed by atoms with van der Waals surface area (Å²) in [4.78, 5) is 37.4. The molecular weight excluding hydrogens is 214 g/mol. The molecule has 16 heavy (non-hydrogen) atoms. The zero-order chi connectivity index (χ0) is 11.3. The van der Waals surface area contributed by atoms with Gasteiger partial charge in [-0.1, -0.05) is 0 Å². The van der Waals surface area contributed by atoms with Crippen molar-refractivity contribution in [3.63, 3.8) is 0 Å². The summed E-state index contributed by atoms with van der Waals surface area (Å²) in [5, 5.41) is 10.5. The molecule has 0 spiro atoms. The average Bonchev–Trinajstić information content (AvgIpc) is 2.72. The van der Waals surface area contributed by atoms with Crippen LogP contribution in [0.5, 0.6) is 0 Å². The van der Waals surface area contributed by atoms with Crippen LogP contribution in [-0.4, -0.2) is 25.4 Å². The van der Waals surface area contributed by atoms with Crippen LogP contribution in [0.25, 0.3) is 21.9 Å². The summed E-state index contributed by atoms with van der Waals surface area (Å²) in [6, 6.07) is 0. The molecule has 8 nitrogen and oxygen atoms in total. The quantitative estimate of drug-likeness (QED) is 0.378. The van der Waals surface area contributed by atoms with Crippen molar-refractivity contribution >= 4 is 21.9 Å². The smallest absolute Gasteiger partial charge is 0.287 e. The van der Waals surface area contributed by atoms with Gasteiger partial charge in [-0.2, -0.15) is 5.10 Å². The highest BCUT2D eigenvalue weighted by Crippen LogP contribution is 2.04. The van der Waals surface area contributed by atoms with E-state index in [0.29, 0.717) is 5.65 Å². The summed E-state index contributed by atoms with van der Waals surface area (Å²) in [6.45, 7) is 0. The Morgan fingerprint density at radius 3 is 2.62 bits per heavy atom. The van der Waals surface area contributed by atoms with Gasteiger partial charge in [-0.05, 0) is 0 Å². The summed E-state index contributed by atoms with van der Waals surface area (Å²) in [5.41, 5.74) is -1.48. The van der Waals surface area contributed by atoms with Crippen molar-refractivity contribution in [1.29, 1.82) is 0 Å². The van der Waals surface area contributed by atoms with E-state index >= 15 is 0 Å². The molecule has 80 valence electrons. The first kappa shape index (κ1) is 8.65. The second kappa shape index (κ2) is 2.69. The molecule has 0 amide bonds. The molecule has 0 saturated heterocycles. The van der Waals surface area contributed by atoms with Crippen molar-refractivity contribution in [3.8, 4) is 0 Å². The lowest BCUT2D eigenvalue weighted by molar-refractivity contribution is 0.969. The van der Waals surface area contributed by atoms with E-state index in [1.54, 1.807) is 0 Å². The number of hydrogen-bond acceptors (Lipinski definition) is 4. The van der Waals surface area contributed by atoms with Crippen LogP contribution >= 0.6 is 0 Å². The van der Waals surface area contributed by atoms with Crippen molar-refractivity contribution in [1.82, 2.24) is 25.4 Å². The third-order valence-electron chi connectivity index (χ3n) is 2.35. The van der Waals surface area contributed by atoms with Gasteiger partial charge < -0.3 is 4.98 Å². The fourth-order valence-corrected chi connectivity index (χ4v) is 1.61. The predicted octanol–water partition coefficient (Wildman–Crippen LogP) is -1.22. The number of nitrogens with one attached hydrogen (secondary N) is 4. The van der Waals surface area contributed by atoms with Crippen molar-refractivity contribution < 1.29 is 0 Å². The van der Waals surface area contributed by atoms with Gasteiger partial charge in [0.15, 0.2) is 0 Å². The average molecular weight is 219 g/mol. The van der Waals surface area contributed by atoms with Crippen molar-refractivity contribution in [2.75, 3.05) is 0 Å². The van der Waals surface area contributed by atoms with Gasteiger partial charge in [0.05, 0.1) is 11.6 Å². The second-order valence-corrected chi connectivity index (χ2v) is 3.27. The SMILES string of the molecule is O=c1[nH][nH]c(=O)c2c(=O)c3cn[nH]c3[nH]c12. The second-order valence-electron chi connectivity index (χ2n) is 3.27. The van der Waals surface area contributed by atoms with E-state index < -0.39 is 16.5 Å². The number of rotatable bonds is 0. The maximum atomic E-state index is 11.9. The number of nitrogens with zero attached hydrogens (tertiary/aromatic N) is 1. The molecule has 0 aromatic carbocycles. The maximum absolute atomic E-state index is 11.9. The summed E-state index contributed by atoms with van der Waals surface area (Å²) < 4.78 is 0. The lowest BCUT2D eigenvalue weighted by Crippen LogP contribution is -2.25. The Balaban J connectivity index is 2.84. The van der Waals surface area contributed by atoms with Crippen LogP contribution in [0.1, 0.15) is 0 Å². The molecule has 0 radical (unpaired) electrons. The van der Waals surface area contributed by atoms with E-state index in [1.165, 1.54) is 6.20 Å². The lowest BCUT2D eigenvalue weighted by atomic mass is 10.2. The predicted molar refractivity (Wildman–Crippen MR) is 55.5 cm³/mol. The lowest BCUT2D eigenvalue weighted by Gasteiger charge is -1.95. The molecule has 0 saturated carbocycles. The molecule has 0 unspecified atom stereocenters. The number of fused-ring (bicyclic) bond motifs is 2. The molecule has 4 N–H and O–H groups in total. The third-order valence-corrected chi connectivity index (χ3v) is 2.35. The third kappa shape index (κ3) is 0.922. The highest BCUT2D eigenvalue weighted by atomic mass is 16.2. The van der Waals surface area contributed by atoms with Gasteiger partial charge in [-0.15, -0.1) is 0 Å². The first-order valence-corrected chi connectivity index (χ1v) is 4.38. The molecule has 0 aliphatic rings. The Morgan fingerprint density at radius 2 is 1.81 bits per heavy atom. The number of aromatic amines is 4. The van der Waals surface area contributed by atoms with Gasteiger partial charge >= 0.3 is 0 Å². The molecule has 3 aromatic heterocycles. The van der Waals surface area contributed by atoms with Crippen LogP contribution in [0.4, 0.5) is 0 Å². The van der Waals surface area contributed by atoms with E-state index in [4.69, 9.17) is 0 Å². The molecule has 0 fully saturated rings. The highest BCUT2D eigenvalue weighted by molar-refractivity contribution is 5.89. The van der Waals surface area contributed by atoms with Gasteiger partial charge in [0, 0.05) is 0 Å². The summed E-state index contributed by atoms with van der Waals surface area (Å²) in [7, 11) is 0. The van der Waals surface area contributed by atoms with E-state index in [1.807, 2.05) is 0 Å². The van der Waals surface area contributed by atoms with E-state index in [9.17, 15) is 14.4 Å². The molecule has 8 heteroatoms. The van der Waals surface area contributed by atoms with Gasteiger partial charge in [0.1, 0.15) is 16.6 Å². The Hall–Kier alpha value is -2.64. The Kier molecular flexibility index (Phi) is 1.45. The Labute approximate surface area is 85.3 Å². The molecule has 0 bridgehead atoms. The van der Waals surface area contributed by atoms with E-state index in [-0.39, 0.29) is 16.3 Å². The molecular formula is C8H5N5O3. The first-order valence-electron chi connectivity index (χ1n) is 4.38. The molecule has 3 heterocycles. The fraction of sp³-hybridized carbons (Fsp3) is 0. The van der Waals surface area contributed by atoms with Crippen molar-refractivity contribution in [3.05, 3.63) is 37.1 Å². The van der Waals surface area contributed by atoms with Crippen molar-refractivity contribution in [2.24, 2.45) is 0 Å². The Morgan fingerprint density at radius 1 is 1.06 bits per heavy atom. The van der Waals surface area contributed by atoms with Gasteiger partial charge in [0.2, 0.25) is 5.43 Å². The van der Waals surface area contributed by atoms with E-state index in [2.05, 4.69) is 25.4 Å². The number of H-pyrrole nitrogens is 4. The van der Waals surface area contributed by atoms with Gasteiger partial charge in [-0.3, -0.25) is 29.7 Å². The van der Waals surface area contributed by atoms with Crippen LogP contribution in [-0.2, 0) is 0 Å². The highest BCUT2D eigenvalue weighted by Gasteiger charge is 2.12. The molecule has 0 atom stereocenters. The van der Waals surface area contributed by atoms with E-state index in [0.717, 1.165) is 0 Å². The maximum Gasteiger partial charge on any atom is 0.287 e. The summed E-state index contributed by atoms with van der Waals surface area (Å²) >= 11 is 0. The van der Waals surface area contributed by atoms with Crippen LogP contribution in [0.2, 0.25) is 0 Å². The van der Waals surface area contributed by atoms with Crippen LogP contribution < -0.4 is 16.5 Å². The zero-order valence-electron chi connectivity index (χ0n) is 7.75. The van der Waals surface area contributed by atoms with Crippen LogP contribution in [0.15, 0.2) is 20.6 Å². The Bertz CT molecular complexity index is 865. The fourth-order valence-electron chi connectivity index (χ4n) is 1.61. The minimum Gasteiger partial charge on any atom is -0.335 e. The zero-order valence-corrected chi connectivity index (χ0v) is 7.75. The molecule has 0 aliphatic carbocycles. The first-order chi connectivity index (χ1) is 7.68. The topological polar surface area (TPSA) is 127 Å². The van der Waals surface area contributed by atoms with Crippen molar-refractivity contribution in [2.45, 2.75) is 0 Å². The number of aromatic nitrogens is 5. The standard InChI is InChI=1S/C8H5N5O3/c14-5-2-1-9-11-6(2)10-4-3(5)7(15)12-13-8(4)16/h1H,(H,12,15)(H,13,16)(H2,9,10,11,14).